The fourth-order valence-electron chi connectivity index (χ4n) is 3.68. The van der Waals surface area contributed by atoms with Crippen molar-refractivity contribution in [3.05, 3.63) is 59.9 Å². The average Bonchev–Trinajstić information content (AvgIpc) is 3.20. The van der Waals surface area contributed by atoms with E-state index in [1.54, 1.807) is 13.2 Å². The number of ether oxygens (including phenoxy) is 2. The largest absolute Gasteiger partial charge is 0.494 e. The number of carbonyl (C=O) groups is 1. The maximum absolute atomic E-state index is 12.9. The number of methoxy groups -OCH3 is 1. The molecule has 6 heteroatoms. The lowest BCUT2D eigenvalue weighted by Gasteiger charge is -2.34. The van der Waals surface area contributed by atoms with Gasteiger partial charge in [0, 0.05) is 38.1 Å². The number of piperazine rings is 1. The van der Waals surface area contributed by atoms with Gasteiger partial charge in [-0.2, -0.15) is 0 Å². The van der Waals surface area contributed by atoms with Gasteiger partial charge in [-0.1, -0.05) is 24.3 Å². The molecule has 1 aliphatic heterocycles. The number of carbonyl (C=O) groups excluding carboxylic acids is 1. The first kappa shape index (κ1) is 19.3. The Labute approximate surface area is 170 Å². The predicted octanol–water partition coefficient (Wildman–Crippen LogP) is 3.80. The zero-order valence-corrected chi connectivity index (χ0v) is 16.9. The third-order valence-corrected chi connectivity index (χ3v) is 5.24. The van der Waals surface area contributed by atoms with Gasteiger partial charge in [-0.3, -0.25) is 9.69 Å². The third-order valence-electron chi connectivity index (χ3n) is 5.24. The number of fused-ring (bicyclic) bond motifs is 1. The zero-order chi connectivity index (χ0) is 20.2. The van der Waals surface area contributed by atoms with Crippen LogP contribution in [0.25, 0.3) is 11.0 Å². The van der Waals surface area contributed by atoms with E-state index in [1.807, 2.05) is 42.2 Å². The highest BCUT2D eigenvalue weighted by molar-refractivity contribution is 5.97. The van der Waals surface area contributed by atoms with Gasteiger partial charge in [-0.15, -0.1) is 0 Å². The van der Waals surface area contributed by atoms with Crippen LogP contribution in [0.15, 0.2) is 52.9 Å². The topological polar surface area (TPSA) is 55.2 Å². The number of rotatable bonds is 6. The number of para-hydroxylation sites is 1. The Kier molecular flexibility index (Phi) is 5.71. The van der Waals surface area contributed by atoms with Gasteiger partial charge < -0.3 is 18.8 Å². The fraction of sp³-hybridized carbons (Fsp3) is 0.348. The summed E-state index contributed by atoms with van der Waals surface area (Å²) in [7, 11) is 1.60. The summed E-state index contributed by atoms with van der Waals surface area (Å²) in [4.78, 5) is 17.1. The Hall–Kier alpha value is -2.99. The lowest BCUT2D eigenvalue weighted by atomic mass is 10.2. The first-order valence-electron chi connectivity index (χ1n) is 9.98. The monoisotopic (exact) mass is 394 g/mol. The molecule has 0 unspecified atom stereocenters. The minimum absolute atomic E-state index is 0.0658. The maximum Gasteiger partial charge on any atom is 0.289 e. The summed E-state index contributed by atoms with van der Waals surface area (Å²) in [6.07, 6.45) is 0. The minimum atomic E-state index is -0.0658. The Morgan fingerprint density at radius 3 is 2.52 bits per heavy atom. The van der Waals surface area contributed by atoms with Crippen molar-refractivity contribution < 1.29 is 18.7 Å². The zero-order valence-electron chi connectivity index (χ0n) is 16.9. The van der Waals surface area contributed by atoms with E-state index in [4.69, 9.17) is 13.9 Å². The molecule has 1 aromatic heterocycles. The number of hydrogen-bond donors (Lipinski definition) is 0. The van der Waals surface area contributed by atoms with Crippen LogP contribution >= 0.6 is 0 Å². The van der Waals surface area contributed by atoms with Crippen molar-refractivity contribution in [1.29, 1.82) is 0 Å². The molecule has 1 saturated heterocycles. The van der Waals surface area contributed by atoms with Crippen molar-refractivity contribution in [2.45, 2.75) is 13.5 Å². The second kappa shape index (κ2) is 8.57. The van der Waals surface area contributed by atoms with Crippen molar-refractivity contribution in [2.24, 2.45) is 0 Å². The highest BCUT2D eigenvalue weighted by atomic mass is 16.5. The van der Waals surface area contributed by atoms with Crippen LogP contribution < -0.4 is 9.47 Å². The van der Waals surface area contributed by atoms with Crippen LogP contribution in [-0.2, 0) is 6.54 Å². The Balaban J connectivity index is 1.36. The standard InChI is InChI=1S/C23H26N2O4/c1-3-28-19-9-7-17(8-10-19)16-24-11-13-25(14-12-24)23(26)21-15-18-5-4-6-20(27-2)22(18)29-21/h4-10,15H,3,11-14,16H2,1-2H3. The van der Waals surface area contributed by atoms with Crippen LogP contribution in [0.2, 0.25) is 0 Å². The summed E-state index contributed by atoms with van der Waals surface area (Å²) in [5.74, 6) is 1.84. The fourth-order valence-corrected chi connectivity index (χ4v) is 3.68. The van der Waals surface area contributed by atoms with Gasteiger partial charge in [0.05, 0.1) is 13.7 Å². The van der Waals surface area contributed by atoms with Gasteiger partial charge in [0.25, 0.3) is 5.91 Å². The Morgan fingerprint density at radius 2 is 1.83 bits per heavy atom. The van der Waals surface area contributed by atoms with Crippen LogP contribution in [-0.4, -0.2) is 55.6 Å². The molecule has 0 saturated carbocycles. The molecule has 4 rings (SSSR count). The molecule has 2 aromatic carbocycles. The van der Waals surface area contributed by atoms with Gasteiger partial charge in [-0.05, 0) is 36.8 Å². The number of hydrogen-bond acceptors (Lipinski definition) is 5. The molecule has 0 bridgehead atoms. The molecule has 3 aromatic rings. The van der Waals surface area contributed by atoms with Crippen LogP contribution in [0.5, 0.6) is 11.5 Å². The first-order chi connectivity index (χ1) is 14.2. The van der Waals surface area contributed by atoms with Gasteiger partial charge in [0.15, 0.2) is 17.1 Å². The molecule has 1 aliphatic rings. The van der Waals surface area contributed by atoms with Crippen LogP contribution in [0, 0.1) is 0 Å². The second-order valence-corrected chi connectivity index (χ2v) is 7.13. The van der Waals surface area contributed by atoms with E-state index in [2.05, 4.69) is 17.0 Å². The Morgan fingerprint density at radius 1 is 1.07 bits per heavy atom. The van der Waals surface area contributed by atoms with E-state index in [9.17, 15) is 4.79 Å². The maximum atomic E-state index is 12.9. The van der Waals surface area contributed by atoms with Gasteiger partial charge >= 0.3 is 0 Å². The SMILES string of the molecule is CCOc1ccc(CN2CCN(C(=O)c3cc4cccc(OC)c4o3)CC2)cc1. The summed E-state index contributed by atoms with van der Waals surface area (Å²) in [6, 6.07) is 15.7. The lowest BCUT2D eigenvalue weighted by molar-refractivity contribution is 0.0600. The highest BCUT2D eigenvalue weighted by Crippen LogP contribution is 2.29. The number of amides is 1. The van der Waals surface area contributed by atoms with Crippen molar-refractivity contribution in [1.82, 2.24) is 9.80 Å². The van der Waals surface area contributed by atoms with E-state index in [0.717, 1.165) is 30.8 Å². The summed E-state index contributed by atoms with van der Waals surface area (Å²) < 4.78 is 16.6. The molecule has 2 heterocycles. The summed E-state index contributed by atoms with van der Waals surface area (Å²) >= 11 is 0. The van der Waals surface area contributed by atoms with Crippen molar-refractivity contribution in [3.63, 3.8) is 0 Å². The molecule has 0 aliphatic carbocycles. The van der Waals surface area contributed by atoms with Crippen LogP contribution in [0.4, 0.5) is 0 Å². The average molecular weight is 394 g/mol. The van der Waals surface area contributed by atoms with Crippen molar-refractivity contribution in [2.75, 3.05) is 39.9 Å². The van der Waals surface area contributed by atoms with Gasteiger partial charge in [0.1, 0.15) is 5.75 Å². The van der Waals surface area contributed by atoms with E-state index in [1.165, 1.54) is 5.56 Å². The van der Waals surface area contributed by atoms with Crippen LogP contribution in [0.3, 0.4) is 0 Å². The summed E-state index contributed by atoms with van der Waals surface area (Å²) in [6.45, 7) is 6.57. The molecule has 1 fully saturated rings. The molecular weight excluding hydrogens is 368 g/mol. The summed E-state index contributed by atoms with van der Waals surface area (Å²) in [5.41, 5.74) is 1.87. The molecule has 0 spiro atoms. The second-order valence-electron chi connectivity index (χ2n) is 7.13. The van der Waals surface area contributed by atoms with E-state index in [0.29, 0.717) is 36.8 Å². The summed E-state index contributed by atoms with van der Waals surface area (Å²) in [5, 5.41) is 0.877. The van der Waals surface area contributed by atoms with Crippen LogP contribution in [0.1, 0.15) is 23.0 Å². The molecule has 6 nitrogen and oxygen atoms in total. The van der Waals surface area contributed by atoms with Crippen molar-refractivity contribution >= 4 is 16.9 Å². The molecular formula is C23H26N2O4. The van der Waals surface area contributed by atoms with Gasteiger partial charge in [-0.25, -0.2) is 0 Å². The number of furan rings is 1. The normalized spacial score (nSPS) is 14.9. The third kappa shape index (κ3) is 4.22. The smallest absolute Gasteiger partial charge is 0.289 e. The number of benzene rings is 2. The predicted molar refractivity (Wildman–Crippen MR) is 112 cm³/mol. The molecule has 152 valence electrons. The van der Waals surface area contributed by atoms with E-state index in [-0.39, 0.29) is 5.91 Å². The minimum Gasteiger partial charge on any atom is -0.494 e. The number of nitrogens with zero attached hydrogens (tertiary/aromatic N) is 2. The lowest BCUT2D eigenvalue weighted by Crippen LogP contribution is -2.48. The Bertz CT molecular complexity index is 972. The molecule has 1 amide bonds. The quantitative estimate of drug-likeness (QED) is 0.637. The van der Waals surface area contributed by atoms with Gasteiger partial charge in [0.2, 0.25) is 0 Å². The molecule has 0 N–H and O–H groups in total. The van der Waals surface area contributed by atoms with Crippen molar-refractivity contribution in [3.8, 4) is 11.5 Å². The molecule has 0 atom stereocenters. The van der Waals surface area contributed by atoms with E-state index < -0.39 is 0 Å². The molecule has 0 radical (unpaired) electrons. The van der Waals surface area contributed by atoms with E-state index >= 15 is 0 Å². The highest BCUT2D eigenvalue weighted by Gasteiger charge is 2.25. The molecule has 29 heavy (non-hydrogen) atoms. The first-order valence-corrected chi connectivity index (χ1v) is 9.98.